The van der Waals surface area contributed by atoms with Crippen LogP contribution in [0.1, 0.15) is 32.6 Å². The number of piperazine rings is 1. The molecule has 7 heteroatoms. The Kier molecular flexibility index (Phi) is 7.54. The number of anilines is 2. The molecule has 7 nitrogen and oxygen atoms in total. The number of carbonyl (C=O) groups is 2. The predicted octanol–water partition coefficient (Wildman–Crippen LogP) is 1.36. The van der Waals surface area contributed by atoms with Crippen molar-refractivity contribution in [1.82, 2.24) is 4.90 Å². The third kappa shape index (κ3) is 5.86. The Morgan fingerprint density at radius 2 is 1.64 bits per heavy atom. The van der Waals surface area contributed by atoms with Crippen LogP contribution in [0.2, 0.25) is 0 Å². The van der Waals surface area contributed by atoms with Crippen molar-refractivity contribution < 1.29 is 19.2 Å². The minimum absolute atomic E-state index is 0.0158. The van der Waals surface area contributed by atoms with Crippen LogP contribution in [-0.2, 0) is 9.53 Å². The van der Waals surface area contributed by atoms with Gasteiger partial charge in [0.2, 0.25) is 0 Å². The summed E-state index contributed by atoms with van der Waals surface area (Å²) in [6.07, 6.45) is 4.90. The highest BCUT2D eigenvalue weighted by atomic mass is 16.6. The van der Waals surface area contributed by atoms with Crippen LogP contribution in [0.4, 0.5) is 16.2 Å². The van der Waals surface area contributed by atoms with Gasteiger partial charge in [-0.25, -0.2) is 4.79 Å². The second-order valence-corrected chi connectivity index (χ2v) is 7.61. The van der Waals surface area contributed by atoms with E-state index in [2.05, 4.69) is 22.3 Å². The lowest BCUT2D eigenvalue weighted by Crippen LogP contribution is -3.15. The normalized spacial score (nSPS) is 18.5. The van der Waals surface area contributed by atoms with E-state index in [1.54, 1.807) is 4.90 Å². The quantitative estimate of drug-likeness (QED) is 0.798. The maximum Gasteiger partial charge on any atom is 0.410 e. The molecular formula is C21H33N4O3+. The average Bonchev–Trinajstić information content (AvgIpc) is 2.99. The molecule has 2 amide bonds. The maximum atomic E-state index is 12.4. The molecule has 28 heavy (non-hydrogen) atoms. The molecule has 0 bridgehead atoms. The molecule has 1 aromatic rings. The zero-order chi connectivity index (χ0) is 19.8. The van der Waals surface area contributed by atoms with E-state index in [1.165, 1.54) is 36.3 Å². The maximum absolute atomic E-state index is 12.4. The Bertz CT molecular complexity index is 634. The lowest BCUT2D eigenvalue weighted by molar-refractivity contribution is -0.895. The minimum atomic E-state index is -0.254. The Labute approximate surface area is 167 Å². The van der Waals surface area contributed by atoms with Gasteiger partial charge in [-0.2, -0.15) is 0 Å². The highest BCUT2D eigenvalue weighted by Gasteiger charge is 2.25. The van der Waals surface area contributed by atoms with Gasteiger partial charge in [0.25, 0.3) is 5.91 Å². The minimum Gasteiger partial charge on any atom is -0.450 e. The van der Waals surface area contributed by atoms with Crippen molar-refractivity contribution in [3.05, 3.63) is 24.3 Å². The third-order valence-corrected chi connectivity index (χ3v) is 5.53. The van der Waals surface area contributed by atoms with Gasteiger partial charge in [0.15, 0.2) is 6.54 Å². The number of carbonyl (C=O) groups excluding carboxylic acids is 2. The van der Waals surface area contributed by atoms with Crippen LogP contribution in [0.5, 0.6) is 0 Å². The summed E-state index contributed by atoms with van der Waals surface area (Å²) < 4.78 is 5.03. The lowest BCUT2D eigenvalue weighted by atomic mass is 10.2. The number of nitrogens with one attached hydrogen (secondary N) is 2. The molecule has 0 aromatic heterocycles. The van der Waals surface area contributed by atoms with Gasteiger partial charge < -0.3 is 19.9 Å². The first-order valence-electron chi connectivity index (χ1n) is 10.6. The van der Waals surface area contributed by atoms with Crippen LogP contribution >= 0.6 is 0 Å². The van der Waals surface area contributed by atoms with E-state index in [-0.39, 0.29) is 12.0 Å². The zero-order valence-corrected chi connectivity index (χ0v) is 16.9. The van der Waals surface area contributed by atoms with Gasteiger partial charge in [0, 0.05) is 24.5 Å². The molecule has 0 spiro atoms. The Morgan fingerprint density at radius 1 is 1.00 bits per heavy atom. The molecule has 0 radical (unpaired) electrons. The number of rotatable bonds is 5. The van der Waals surface area contributed by atoms with E-state index in [0.29, 0.717) is 26.2 Å². The van der Waals surface area contributed by atoms with E-state index >= 15 is 0 Å². The van der Waals surface area contributed by atoms with Crippen molar-refractivity contribution in [2.75, 3.05) is 62.6 Å². The standard InChI is InChI=1S/C21H32N4O3/c1-2-28-21(27)25-15-13-23(14-16-25)17-20(26)22-18-7-9-19(10-8-18)24-11-5-3-4-6-12-24/h7-10H,2-6,11-17H2,1H3,(H,22,26)/p+1. The van der Waals surface area contributed by atoms with Crippen LogP contribution in [0.15, 0.2) is 24.3 Å². The second kappa shape index (κ2) is 10.3. The van der Waals surface area contributed by atoms with Crippen LogP contribution in [0.25, 0.3) is 0 Å². The number of nitrogens with zero attached hydrogens (tertiary/aromatic N) is 2. The van der Waals surface area contributed by atoms with Gasteiger partial charge in [-0.15, -0.1) is 0 Å². The zero-order valence-electron chi connectivity index (χ0n) is 16.9. The molecule has 2 heterocycles. The Balaban J connectivity index is 1.43. The first-order valence-corrected chi connectivity index (χ1v) is 10.6. The number of quaternary nitrogens is 1. The van der Waals surface area contributed by atoms with E-state index in [4.69, 9.17) is 4.74 Å². The van der Waals surface area contributed by atoms with Crippen molar-refractivity contribution in [2.24, 2.45) is 0 Å². The van der Waals surface area contributed by atoms with Crippen LogP contribution in [0.3, 0.4) is 0 Å². The monoisotopic (exact) mass is 389 g/mol. The summed E-state index contributed by atoms with van der Waals surface area (Å²) in [5.74, 6) is 0.0158. The van der Waals surface area contributed by atoms with E-state index in [1.807, 2.05) is 19.1 Å². The largest absolute Gasteiger partial charge is 0.450 e. The number of ether oxygens (including phenoxy) is 1. The van der Waals surface area contributed by atoms with Gasteiger partial charge in [-0.3, -0.25) is 9.69 Å². The molecule has 1 aromatic carbocycles. The van der Waals surface area contributed by atoms with E-state index < -0.39 is 0 Å². The first-order chi connectivity index (χ1) is 13.7. The smallest absolute Gasteiger partial charge is 0.410 e. The second-order valence-electron chi connectivity index (χ2n) is 7.61. The Hall–Kier alpha value is -2.28. The predicted molar refractivity (Wildman–Crippen MR) is 110 cm³/mol. The van der Waals surface area contributed by atoms with E-state index in [9.17, 15) is 9.59 Å². The third-order valence-electron chi connectivity index (χ3n) is 5.53. The van der Waals surface area contributed by atoms with Gasteiger partial charge in [-0.1, -0.05) is 12.8 Å². The van der Waals surface area contributed by atoms with Crippen molar-refractivity contribution in [3.8, 4) is 0 Å². The van der Waals surface area contributed by atoms with Crippen molar-refractivity contribution in [1.29, 1.82) is 0 Å². The summed E-state index contributed by atoms with van der Waals surface area (Å²) >= 11 is 0. The first kappa shape index (κ1) is 20.5. The fraction of sp³-hybridized carbons (Fsp3) is 0.619. The van der Waals surface area contributed by atoms with Crippen LogP contribution in [0, 0.1) is 0 Å². The molecular weight excluding hydrogens is 356 g/mol. The van der Waals surface area contributed by atoms with Crippen molar-refractivity contribution in [3.63, 3.8) is 0 Å². The van der Waals surface area contributed by atoms with E-state index in [0.717, 1.165) is 31.9 Å². The molecule has 2 saturated heterocycles. The molecule has 0 aliphatic carbocycles. The van der Waals surface area contributed by atoms with Crippen molar-refractivity contribution >= 4 is 23.4 Å². The summed E-state index contributed by atoms with van der Waals surface area (Å²) in [6.45, 7) is 7.65. The number of amides is 2. The average molecular weight is 390 g/mol. The van der Waals surface area contributed by atoms with Crippen LogP contribution < -0.4 is 15.1 Å². The van der Waals surface area contributed by atoms with Crippen molar-refractivity contribution in [2.45, 2.75) is 32.6 Å². The van der Waals surface area contributed by atoms with Gasteiger partial charge in [-0.05, 0) is 44.0 Å². The number of hydrogen-bond acceptors (Lipinski definition) is 4. The molecule has 0 saturated carbocycles. The molecule has 2 fully saturated rings. The molecule has 2 N–H and O–H groups in total. The molecule has 2 aliphatic heterocycles. The SMILES string of the molecule is CCOC(=O)N1CC[NH+](CC(=O)Nc2ccc(N3CCCCCC3)cc2)CC1. The molecule has 2 aliphatic rings. The number of hydrogen-bond donors (Lipinski definition) is 2. The number of benzene rings is 1. The van der Waals surface area contributed by atoms with Gasteiger partial charge in [0.05, 0.1) is 32.8 Å². The Morgan fingerprint density at radius 3 is 2.25 bits per heavy atom. The fourth-order valence-corrected chi connectivity index (χ4v) is 3.91. The van der Waals surface area contributed by atoms with Gasteiger partial charge >= 0.3 is 6.09 Å². The molecule has 154 valence electrons. The van der Waals surface area contributed by atoms with Crippen LogP contribution in [-0.4, -0.2) is 69.3 Å². The topological polar surface area (TPSA) is 66.3 Å². The fourth-order valence-electron chi connectivity index (χ4n) is 3.91. The summed E-state index contributed by atoms with van der Waals surface area (Å²) in [5, 5.41) is 3.00. The molecule has 3 rings (SSSR count). The lowest BCUT2D eigenvalue weighted by Gasteiger charge is -2.31. The summed E-state index contributed by atoms with van der Waals surface area (Å²) in [5.41, 5.74) is 2.08. The molecule has 0 unspecified atom stereocenters. The summed E-state index contributed by atoms with van der Waals surface area (Å²) in [7, 11) is 0. The van der Waals surface area contributed by atoms with Gasteiger partial charge in [0.1, 0.15) is 0 Å². The highest BCUT2D eigenvalue weighted by Crippen LogP contribution is 2.21. The summed E-state index contributed by atoms with van der Waals surface area (Å²) in [4.78, 5) is 29.5. The molecule has 0 atom stereocenters. The summed E-state index contributed by atoms with van der Waals surface area (Å²) in [6, 6.07) is 8.19. The highest BCUT2D eigenvalue weighted by molar-refractivity contribution is 5.91.